The van der Waals surface area contributed by atoms with Crippen molar-refractivity contribution in [3.05, 3.63) is 46.8 Å². The van der Waals surface area contributed by atoms with Gasteiger partial charge in [0.05, 0.1) is 21.2 Å². The standard InChI is InChI=1S/C12H9Cl2N3S2/c13-8-2-1-3-9(14)12(8)19-7-11(18)17-10-6-15-4-5-16-10/h1-6H,7H2,(H,16,17,18). The van der Waals surface area contributed by atoms with E-state index >= 15 is 0 Å². The van der Waals surface area contributed by atoms with Crippen molar-refractivity contribution >= 4 is 58.0 Å². The number of thioether (sulfide) groups is 1. The maximum atomic E-state index is 6.08. The zero-order valence-electron chi connectivity index (χ0n) is 9.64. The lowest BCUT2D eigenvalue weighted by atomic mass is 10.4. The summed E-state index contributed by atoms with van der Waals surface area (Å²) in [5, 5.41) is 4.25. The maximum Gasteiger partial charge on any atom is 0.149 e. The van der Waals surface area contributed by atoms with Crippen LogP contribution in [-0.4, -0.2) is 20.7 Å². The minimum Gasteiger partial charge on any atom is -0.333 e. The van der Waals surface area contributed by atoms with E-state index in [1.54, 1.807) is 30.7 Å². The van der Waals surface area contributed by atoms with Crippen molar-refractivity contribution in [3.63, 3.8) is 0 Å². The van der Waals surface area contributed by atoms with Gasteiger partial charge < -0.3 is 5.32 Å². The number of rotatable bonds is 4. The summed E-state index contributed by atoms with van der Waals surface area (Å²) in [5.41, 5.74) is 0. The molecular formula is C12H9Cl2N3S2. The van der Waals surface area contributed by atoms with E-state index in [1.165, 1.54) is 11.8 Å². The van der Waals surface area contributed by atoms with Crippen LogP contribution >= 0.6 is 47.2 Å². The van der Waals surface area contributed by atoms with Crippen molar-refractivity contribution in [2.45, 2.75) is 4.90 Å². The number of hydrogen-bond acceptors (Lipinski definition) is 4. The van der Waals surface area contributed by atoms with E-state index < -0.39 is 0 Å². The summed E-state index contributed by atoms with van der Waals surface area (Å²) >= 11 is 18.9. The largest absolute Gasteiger partial charge is 0.333 e. The van der Waals surface area contributed by atoms with Crippen LogP contribution in [0.15, 0.2) is 41.7 Å². The smallest absolute Gasteiger partial charge is 0.149 e. The molecule has 2 aromatic rings. The number of hydrogen-bond donors (Lipinski definition) is 1. The molecule has 1 aromatic heterocycles. The molecular weight excluding hydrogens is 321 g/mol. The van der Waals surface area contributed by atoms with Gasteiger partial charge in [0.2, 0.25) is 0 Å². The van der Waals surface area contributed by atoms with Gasteiger partial charge in [0.25, 0.3) is 0 Å². The van der Waals surface area contributed by atoms with Gasteiger partial charge in [0.15, 0.2) is 0 Å². The average Bonchev–Trinajstić information content (AvgIpc) is 2.39. The third kappa shape index (κ3) is 4.31. The molecule has 0 saturated heterocycles. The summed E-state index contributed by atoms with van der Waals surface area (Å²) in [7, 11) is 0. The van der Waals surface area contributed by atoms with Crippen molar-refractivity contribution in [1.29, 1.82) is 0 Å². The van der Waals surface area contributed by atoms with Crippen LogP contribution in [0.25, 0.3) is 0 Å². The van der Waals surface area contributed by atoms with Crippen LogP contribution in [0.5, 0.6) is 0 Å². The average molecular weight is 330 g/mol. The highest BCUT2D eigenvalue weighted by Gasteiger charge is 2.07. The molecule has 0 atom stereocenters. The van der Waals surface area contributed by atoms with Crippen molar-refractivity contribution in [3.8, 4) is 0 Å². The molecule has 98 valence electrons. The SMILES string of the molecule is S=C(CSc1c(Cl)cccc1Cl)Nc1cnccn1. The second kappa shape index (κ2) is 7.05. The molecule has 0 amide bonds. The molecule has 1 aromatic carbocycles. The molecule has 0 aliphatic heterocycles. The first kappa shape index (κ1) is 14.5. The van der Waals surface area contributed by atoms with E-state index in [1.807, 2.05) is 6.07 Å². The molecule has 1 N–H and O–H groups in total. The van der Waals surface area contributed by atoms with Crippen molar-refractivity contribution < 1.29 is 0 Å². The first-order valence-electron chi connectivity index (χ1n) is 5.29. The number of thiocarbonyl (C=S) groups is 1. The predicted octanol–water partition coefficient (Wildman–Crippen LogP) is 4.32. The fourth-order valence-electron chi connectivity index (χ4n) is 1.30. The molecule has 1 heterocycles. The highest BCUT2D eigenvalue weighted by atomic mass is 35.5. The van der Waals surface area contributed by atoms with Gasteiger partial charge in [-0.1, -0.05) is 41.5 Å². The number of halogens is 2. The third-order valence-electron chi connectivity index (χ3n) is 2.10. The van der Waals surface area contributed by atoms with Crippen LogP contribution in [0, 0.1) is 0 Å². The summed E-state index contributed by atoms with van der Waals surface area (Å²) < 4.78 is 0. The van der Waals surface area contributed by atoms with Gasteiger partial charge >= 0.3 is 0 Å². The van der Waals surface area contributed by atoms with E-state index in [2.05, 4.69) is 15.3 Å². The first-order valence-corrected chi connectivity index (χ1v) is 7.44. The Balaban J connectivity index is 1.94. The fourth-order valence-corrected chi connectivity index (χ4v) is 3.07. The van der Waals surface area contributed by atoms with Crippen LogP contribution in [-0.2, 0) is 0 Å². The Kier molecular flexibility index (Phi) is 5.39. The Labute approximate surface area is 130 Å². The van der Waals surface area contributed by atoms with Gasteiger partial charge in [-0.05, 0) is 12.1 Å². The van der Waals surface area contributed by atoms with Gasteiger partial charge in [-0.15, -0.1) is 11.8 Å². The molecule has 0 aliphatic rings. The van der Waals surface area contributed by atoms with E-state index in [0.29, 0.717) is 26.6 Å². The number of aromatic nitrogens is 2. The van der Waals surface area contributed by atoms with Gasteiger partial charge in [-0.25, -0.2) is 4.98 Å². The first-order chi connectivity index (χ1) is 9.16. The van der Waals surface area contributed by atoms with Crippen LogP contribution in [0.4, 0.5) is 5.82 Å². The summed E-state index contributed by atoms with van der Waals surface area (Å²) in [6, 6.07) is 5.41. The molecule has 0 bridgehead atoms. The van der Waals surface area contributed by atoms with Crippen molar-refractivity contribution in [2.75, 3.05) is 11.1 Å². The Bertz CT molecular complexity index is 558. The van der Waals surface area contributed by atoms with Crippen LogP contribution in [0.1, 0.15) is 0 Å². The Morgan fingerprint density at radius 3 is 2.63 bits per heavy atom. The lowest BCUT2D eigenvalue weighted by Gasteiger charge is -2.08. The van der Waals surface area contributed by atoms with Crippen LogP contribution < -0.4 is 5.32 Å². The van der Waals surface area contributed by atoms with E-state index in [4.69, 9.17) is 35.4 Å². The zero-order valence-corrected chi connectivity index (χ0v) is 12.8. The predicted molar refractivity (Wildman–Crippen MR) is 85.4 cm³/mol. The van der Waals surface area contributed by atoms with E-state index in [0.717, 1.165) is 4.90 Å². The molecule has 0 aliphatic carbocycles. The fraction of sp³-hybridized carbons (Fsp3) is 0.0833. The monoisotopic (exact) mass is 329 g/mol. The lowest BCUT2D eigenvalue weighted by Crippen LogP contribution is -2.12. The van der Waals surface area contributed by atoms with Crippen molar-refractivity contribution in [2.24, 2.45) is 0 Å². The Morgan fingerprint density at radius 1 is 1.26 bits per heavy atom. The molecule has 0 saturated carbocycles. The normalized spacial score (nSPS) is 10.2. The van der Waals surface area contributed by atoms with Gasteiger partial charge in [-0.2, -0.15) is 0 Å². The second-order valence-corrected chi connectivity index (χ2v) is 5.77. The maximum absolute atomic E-state index is 6.08. The Hall–Kier alpha value is -0.880. The summed E-state index contributed by atoms with van der Waals surface area (Å²) in [5.74, 6) is 1.19. The number of nitrogens with one attached hydrogen (secondary N) is 1. The third-order valence-corrected chi connectivity index (χ3v) is 4.54. The summed E-state index contributed by atoms with van der Waals surface area (Å²) in [6.45, 7) is 0. The van der Waals surface area contributed by atoms with Crippen LogP contribution in [0.3, 0.4) is 0 Å². The zero-order chi connectivity index (χ0) is 13.7. The molecule has 7 heteroatoms. The van der Waals surface area contributed by atoms with E-state index in [-0.39, 0.29) is 0 Å². The van der Waals surface area contributed by atoms with Gasteiger partial charge in [-0.3, -0.25) is 4.98 Å². The summed E-state index contributed by atoms with van der Waals surface area (Å²) in [6.07, 6.45) is 4.81. The molecule has 0 radical (unpaired) electrons. The van der Waals surface area contributed by atoms with Crippen LogP contribution in [0.2, 0.25) is 10.0 Å². The highest BCUT2D eigenvalue weighted by Crippen LogP contribution is 2.33. The number of nitrogens with zero attached hydrogens (tertiary/aromatic N) is 2. The Morgan fingerprint density at radius 2 is 2.00 bits per heavy atom. The summed E-state index contributed by atoms with van der Waals surface area (Å²) in [4.78, 5) is 9.51. The minimum absolute atomic E-state index is 0.565. The molecule has 0 spiro atoms. The highest BCUT2D eigenvalue weighted by molar-refractivity contribution is 8.01. The quantitative estimate of drug-likeness (QED) is 0.668. The lowest BCUT2D eigenvalue weighted by molar-refractivity contribution is 1.21. The van der Waals surface area contributed by atoms with Crippen molar-refractivity contribution in [1.82, 2.24) is 9.97 Å². The molecule has 0 unspecified atom stereocenters. The molecule has 2 rings (SSSR count). The molecule has 3 nitrogen and oxygen atoms in total. The molecule has 19 heavy (non-hydrogen) atoms. The number of anilines is 1. The molecule has 0 fully saturated rings. The second-order valence-electron chi connectivity index (χ2n) is 3.48. The topological polar surface area (TPSA) is 37.8 Å². The van der Waals surface area contributed by atoms with Gasteiger partial charge in [0, 0.05) is 23.0 Å². The van der Waals surface area contributed by atoms with Gasteiger partial charge in [0.1, 0.15) is 5.82 Å². The minimum atomic E-state index is 0.565. The number of benzene rings is 1. The van der Waals surface area contributed by atoms with E-state index in [9.17, 15) is 0 Å².